The van der Waals surface area contributed by atoms with Crippen LogP contribution in [-0.2, 0) is 0 Å². The van der Waals surface area contributed by atoms with Gasteiger partial charge in [-0.05, 0) is 24.1 Å². The molecule has 0 aromatic heterocycles. The molecule has 22 heavy (non-hydrogen) atoms. The van der Waals surface area contributed by atoms with Crippen molar-refractivity contribution < 1.29 is 9.84 Å². The normalized spacial score (nSPS) is 11.6. The van der Waals surface area contributed by atoms with Gasteiger partial charge in [0.1, 0.15) is 18.4 Å². The lowest BCUT2D eigenvalue weighted by Gasteiger charge is -2.18. The van der Waals surface area contributed by atoms with Crippen molar-refractivity contribution in [2.24, 2.45) is 0 Å². The second-order valence-corrected chi connectivity index (χ2v) is 4.89. The second-order valence-electron chi connectivity index (χ2n) is 4.89. The second kappa shape index (κ2) is 8.83. The van der Waals surface area contributed by atoms with Crippen molar-refractivity contribution in [3.05, 3.63) is 65.7 Å². The molecule has 4 heteroatoms. The Morgan fingerprint density at radius 2 is 1.82 bits per heavy atom. The first-order valence-corrected chi connectivity index (χ1v) is 7.36. The first-order chi connectivity index (χ1) is 10.8. The summed E-state index contributed by atoms with van der Waals surface area (Å²) in [7, 11) is 0. The number of benzene rings is 2. The molecule has 4 nitrogen and oxygen atoms in total. The van der Waals surface area contributed by atoms with Crippen molar-refractivity contribution in [1.29, 1.82) is 5.26 Å². The van der Waals surface area contributed by atoms with Gasteiger partial charge in [-0.3, -0.25) is 0 Å². The molecular weight excluding hydrogens is 276 g/mol. The highest BCUT2D eigenvalue weighted by Crippen LogP contribution is 2.17. The van der Waals surface area contributed by atoms with E-state index in [0.717, 1.165) is 5.56 Å². The molecule has 0 amide bonds. The predicted octanol–water partition coefficient (Wildman–Crippen LogP) is 2.65. The van der Waals surface area contributed by atoms with E-state index < -0.39 is 0 Å². The van der Waals surface area contributed by atoms with Crippen LogP contribution in [0, 0.1) is 11.3 Å². The van der Waals surface area contributed by atoms with Crippen LogP contribution in [0.1, 0.15) is 23.6 Å². The number of ether oxygens (including phenoxy) is 1. The molecule has 0 aliphatic rings. The minimum Gasteiger partial charge on any atom is -0.491 e. The van der Waals surface area contributed by atoms with Crippen LogP contribution in [0.25, 0.3) is 0 Å². The van der Waals surface area contributed by atoms with E-state index in [4.69, 9.17) is 10.00 Å². The van der Waals surface area contributed by atoms with Crippen LogP contribution < -0.4 is 10.1 Å². The molecule has 0 saturated carbocycles. The fourth-order valence-corrected chi connectivity index (χ4v) is 2.28. The molecular formula is C18H20N2O2. The van der Waals surface area contributed by atoms with Gasteiger partial charge in [-0.25, -0.2) is 0 Å². The van der Waals surface area contributed by atoms with Gasteiger partial charge in [0.2, 0.25) is 0 Å². The highest BCUT2D eigenvalue weighted by Gasteiger charge is 2.09. The van der Waals surface area contributed by atoms with Gasteiger partial charge in [0.15, 0.2) is 0 Å². The number of aliphatic hydroxyl groups is 1. The Hall–Kier alpha value is -2.35. The molecule has 1 atom stereocenters. The molecule has 0 aliphatic carbocycles. The van der Waals surface area contributed by atoms with Gasteiger partial charge in [0.25, 0.3) is 0 Å². The molecule has 0 aliphatic heterocycles. The molecule has 2 aromatic carbocycles. The Morgan fingerprint density at radius 1 is 1.09 bits per heavy atom. The zero-order valence-electron chi connectivity index (χ0n) is 12.4. The molecule has 2 aromatic rings. The third-order valence-corrected chi connectivity index (χ3v) is 3.38. The third-order valence-electron chi connectivity index (χ3n) is 3.38. The standard InChI is InChI=1S/C18H20N2O2/c19-14-16-8-4-5-9-18(16)22-13-11-20-17(10-12-21)15-6-2-1-3-7-15/h1-9,17,20-21H,10-13H2. The summed E-state index contributed by atoms with van der Waals surface area (Å²) in [6.45, 7) is 1.23. The Bertz CT molecular complexity index is 608. The van der Waals surface area contributed by atoms with Crippen LogP contribution >= 0.6 is 0 Å². The van der Waals surface area contributed by atoms with Crippen LogP contribution in [0.4, 0.5) is 0 Å². The minimum atomic E-state index is 0.0982. The highest BCUT2D eigenvalue weighted by atomic mass is 16.5. The molecule has 0 bridgehead atoms. The molecule has 114 valence electrons. The van der Waals surface area contributed by atoms with E-state index in [0.29, 0.717) is 30.9 Å². The Balaban J connectivity index is 1.85. The number of nitrogens with one attached hydrogen (secondary N) is 1. The minimum absolute atomic E-state index is 0.0982. The average molecular weight is 296 g/mol. The zero-order valence-corrected chi connectivity index (χ0v) is 12.4. The van der Waals surface area contributed by atoms with Gasteiger partial charge in [0, 0.05) is 19.2 Å². The van der Waals surface area contributed by atoms with Gasteiger partial charge in [-0.15, -0.1) is 0 Å². The molecule has 0 radical (unpaired) electrons. The fraction of sp³-hybridized carbons (Fsp3) is 0.278. The summed E-state index contributed by atoms with van der Waals surface area (Å²) in [5.74, 6) is 0.602. The first kappa shape index (κ1) is 16.0. The lowest BCUT2D eigenvalue weighted by atomic mass is 10.0. The number of nitriles is 1. The maximum absolute atomic E-state index is 9.19. The molecule has 2 rings (SSSR count). The first-order valence-electron chi connectivity index (χ1n) is 7.36. The van der Waals surface area contributed by atoms with Crippen LogP contribution in [0.3, 0.4) is 0 Å². The topological polar surface area (TPSA) is 65.3 Å². The molecule has 0 heterocycles. The van der Waals surface area contributed by atoms with Crippen LogP contribution in [0.15, 0.2) is 54.6 Å². The summed E-state index contributed by atoms with van der Waals surface area (Å²) >= 11 is 0. The molecule has 2 N–H and O–H groups in total. The third kappa shape index (κ3) is 4.59. The van der Waals surface area contributed by atoms with Gasteiger partial charge in [-0.2, -0.15) is 5.26 Å². The Morgan fingerprint density at radius 3 is 2.55 bits per heavy atom. The largest absolute Gasteiger partial charge is 0.491 e. The van der Waals surface area contributed by atoms with Crippen molar-refractivity contribution in [1.82, 2.24) is 5.32 Å². The van der Waals surface area contributed by atoms with Crippen molar-refractivity contribution in [2.75, 3.05) is 19.8 Å². The molecule has 0 saturated heterocycles. The fourth-order valence-electron chi connectivity index (χ4n) is 2.28. The lowest BCUT2D eigenvalue weighted by Crippen LogP contribution is -2.27. The zero-order chi connectivity index (χ0) is 15.6. The maximum atomic E-state index is 9.19. The molecule has 1 unspecified atom stereocenters. The number of aliphatic hydroxyl groups excluding tert-OH is 1. The van der Waals surface area contributed by atoms with E-state index >= 15 is 0 Å². The van der Waals surface area contributed by atoms with Gasteiger partial charge < -0.3 is 15.2 Å². The number of hydrogen-bond acceptors (Lipinski definition) is 4. The number of hydrogen-bond donors (Lipinski definition) is 2. The predicted molar refractivity (Wildman–Crippen MR) is 85.5 cm³/mol. The Labute approximate surface area is 131 Å². The van der Waals surface area contributed by atoms with E-state index in [1.165, 1.54) is 0 Å². The van der Waals surface area contributed by atoms with E-state index in [2.05, 4.69) is 11.4 Å². The summed E-state index contributed by atoms with van der Waals surface area (Å²) in [5.41, 5.74) is 1.69. The highest BCUT2D eigenvalue weighted by molar-refractivity contribution is 5.42. The van der Waals surface area contributed by atoms with Gasteiger partial charge in [-0.1, -0.05) is 42.5 Å². The van der Waals surface area contributed by atoms with Crippen molar-refractivity contribution >= 4 is 0 Å². The van der Waals surface area contributed by atoms with Crippen LogP contribution in [-0.4, -0.2) is 24.9 Å². The van der Waals surface area contributed by atoms with Crippen molar-refractivity contribution in [3.63, 3.8) is 0 Å². The van der Waals surface area contributed by atoms with E-state index in [1.54, 1.807) is 12.1 Å². The summed E-state index contributed by atoms with van der Waals surface area (Å²) in [6.07, 6.45) is 0.652. The maximum Gasteiger partial charge on any atom is 0.137 e. The van der Waals surface area contributed by atoms with Crippen molar-refractivity contribution in [3.8, 4) is 11.8 Å². The number of nitrogens with zero attached hydrogens (tertiary/aromatic N) is 1. The lowest BCUT2D eigenvalue weighted by molar-refractivity contribution is 0.255. The van der Waals surface area contributed by atoms with Gasteiger partial charge >= 0.3 is 0 Å². The monoisotopic (exact) mass is 296 g/mol. The Kier molecular flexibility index (Phi) is 6.43. The van der Waals surface area contributed by atoms with Gasteiger partial charge in [0.05, 0.1) is 5.56 Å². The summed E-state index contributed by atoms with van der Waals surface area (Å²) in [5, 5.41) is 21.6. The quantitative estimate of drug-likeness (QED) is 0.735. The molecule has 0 fully saturated rings. The number of rotatable bonds is 8. The smallest absolute Gasteiger partial charge is 0.137 e. The van der Waals surface area contributed by atoms with Crippen molar-refractivity contribution in [2.45, 2.75) is 12.5 Å². The number of para-hydroxylation sites is 1. The van der Waals surface area contributed by atoms with Crippen LogP contribution in [0.2, 0.25) is 0 Å². The molecule has 0 spiro atoms. The van der Waals surface area contributed by atoms with E-state index in [-0.39, 0.29) is 12.6 Å². The summed E-state index contributed by atoms with van der Waals surface area (Å²) < 4.78 is 5.64. The van der Waals surface area contributed by atoms with Crippen LogP contribution in [0.5, 0.6) is 5.75 Å². The van der Waals surface area contributed by atoms with E-state index in [1.807, 2.05) is 42.5 Å². The summed E-state index contributed by atoms with van der Waals surface area (Å²) in [4.78, 5) is 0. The van der Waals surface area contributed by atoms with E-state index in [9.17, 15) is 5.11 Å². The summed E-state index contributed by atoms with van der Waals surface area (Å²) in [6, 6.07) is 19.4. The SMILES string of the molecule is N#Cc1ccccc1OCCNC(CCO)c1ccccc1. The average Bonchev–Trinajstić information content (AvgIpc) is 2.58.